The summed E-state index contributed by atoms with van der Waals surface area (Å²) in [6.45, 7) is 1.87. The Bertz CT molecular complexity index is 698. The normalized spacial score (nSPS) is 9.95. The van der Waals surface area contributed by atoms with Crippen LogP contribution in [0.5, 0.6) is 5.75 Å². The first-order valence-corrected chi connectivity index (χ1v) is 6.23. The highest BCUT2D eigenvalue weighted by Gasteiger charge is 2.15. The molecule has 0 radical (unpaired) electrons. The lowest BCUT2D eigenvalue weighted by molar-refractivity contribution is -0.132. The van der Waals surface area contributed by atoms with Crippen molar-refractivity contribution in [3.8, 4) is 5.75 Å². The quantitative estimate of drug-likeness (QED) is 0.499. The zero-order valence-corrected chi connectivity index (χ0v) is 11.4. The molecule has 0 aliphatic rings. The van der Waals surface area contributed by atoms with Crippen molar-refractivity contribution in [2.45, 2.75) is 6.92 Å². The van der Waals surface area contributed by atoms with Crippen molar-refractivity contribution >= 4 is 28.9 Å². The predicted molar refractivity (Wildman–Crippen MR) is 81.0 cm³/mol. The topological polar surface area (TPSA) is 104 Å². The first kappa shape index (κ1) is 14.4. The van der Waals surface area contributed by atoms with Crippen molar-refractivity contribution < 1.29 is 14.7 Å². The Hall–Kier alpha value is -3.02. The second kappa shape index (κ2) is 5.96. The molecule has 0 aliphatic carbocycles. The molecule has 108 valence electrons. The molecule has 21 heavy (non-hydrogen) atoms. The molecule has 0 aromatic heterocycles. The number of carbonyl (C=O) groups excluding carboxylic acids is 2. The number of phenolic OH excluding ortho intramolecular Hbond substituents is 1. The molecule has 6 heteroatoms. The highest BCUT2D eigenvalue weighted by molar-refractivity contribution is 6.43. The highest BCUT2D eigenvalue weighted by atomic mass is 16.3. The first-order chi connectivity index (χ1) is 9.95. The molecule has 2 amide bonds. The third-order valence-corrected chi connectivity index (χ3v) is 2.77. The highest BCUT2D eigenvalue weighted by Crippen LogP contribution is 2.19. The van der Waals surface area contributed by atoms with Crippen molar-refractivity contribution in [1.29, 1.82) is 0 Å². The number of benzene rings is 2. The van der Waals surface area contributed by atoms with Gasteiger partial charge in [-0.05, 0) is 36.8 Å². The SMILES string of the molecule is Cc1ccc(NC(=O)C(=O)Nc2cccc(O)c2)c(N)c1. The Morgan fingerprint density at radius 2 is 1.76 bits per heavy atom. The van der Waals surface area contributed by atoms with E-state index in [0.717, 1.165) is 5.56 Å². The molecule has 5 N–H and O–H groups in total. The van der Waals surface area contributed by atoms with Gasteiger partial charge in [-0.2, -0.15) is 0 Å². The molecular weight excluding hydrogens is 270 g/mol. The molecule has 2 aromatic carbocycles. The molecule has 6 nitrogen and oxygen atoms in total. The molecule has 0 fully saturated rings. The molecule has 0 aliphatic heterocycles. The molecule has 2 rings (SSSR count). The van der Waals surface area contributed by atoms with Gasteiger partial charge in [0.05, 0.1) is 11.4 Å². The maximum Gasteiger partial charge on any atom is 0.314 e. The second-order valence-electron chi connectivity index (χ2n) is 4.55. The van der Waals surface area contributed by atoms with Crippen LogP contribution in [0.2, 0.25) is 0 Å². The van der Waals surface area contributed by atoms with Crippen LogP contribution in [0.4, 0.5) is 17.1 Å². The van der Waals surface area contributed by atoms with Crippen LogP contribution >= 0.6 is 0 Å². The Morgan fingerprint density at radius 1 is 1.05 bits per heavy atom. The van der Waals surface area contributed by atoms with E-state index in [2.05, 4.69) is 10.6 Å². The Balaban J connectivity index is 2.04. The number of amides is 2. The summed E-state index contributed by atoms with van der Waals surface area (Å²) >= 11 is 0. The summed E-state index contributed by atoms with van der Waals surface area (Å²) in [4.78, 5) is 23.6. The molecule has 2 aromatic rings. The summed E-state index contributed by atoms with van der Waals surface area (Å²) in [5.41, 5.74) is 7.80. The van der Waals surface area contributed by atoms with E-state index >= 15 is 0 Å². The number of anilines is 3. The lowest BCUT2D eigenvalue weighted by Crippen LogP contribution is -2.29. The van der Waals surface area contributed by atoms with Crippen LogP contribution in [0.1, 0.15) is 5.56 Å². The van der Waals surface area contributed by atoms with Gasteiger partial charge in [-0.15, -0.1) is 0 Å². The largest absolute Gasteiger partial charge is 0.508 e. The zero-order valence-electron chi connectivity index (χ0n) is 11.4. The van der Waals surface area contributed by atoms with E-state index in [1.807, 2.05) is 6.92 Å². The van der Waals surface area contributed by atoms with Crippen molar-refractivity contribution in [1.82, 2.24) is 0 Å². The third kappa shape index (κ3) is 3.73. The molecule has 0 saturated carbocycles. The lowest BCUT2D eigenvalue weighted by Gasteiger charge is -2.09. The van der Waals surface area contributed by atoms with E-state index in [-0.39, 0.29) is 5.75 Å². The van der Waals surface area contributed by atoms with Crippen molar-refractivity contribution in [3.05, 3.63) is 48.0 Å². The Labute approximate surface area is 121 Å². The number of phenols is 1. The number of rotatable bonds is 2. The fourth-order valence-corrected chi connectivity index (χ4v) is 1.75. The van der Waals surface area contributed by atoms with Crippen LogP contribution < -0.4 is 16.4 Å². The lowest BCUT2D eigenvalue weighted by atomic mass is 10.2. The van der Waals surface area contributed by atoms with E-state index in [9.17, 15) is 14.7 Å². The van der Waals surface area contributed by atoms with E-state index in [1.165, 1.54) is 12.1 Å². The number of hydrogen-bond acceptors (Lipinski definition) is 4. The smallest absolute Gasteiger partial charge is 0.314 e. The second-order valence-corrected chi connectivity index (χ2v) is 4.55. The number of nitrogens with one attached hydrogen (secondary N) is 2. The maximum absolute atomic E-state index is 11.8. The van der Waals surface area contributed by atoms with Gasteiger partial charge in [0.15, 0.2) is 0 Å². The van der Waals surface area contributed by atoms with Crippen LogP contribution in [0.3, 0.4) is 0 Å². The first-order valence-electron chi connectivity index (χ1n) is 6.23. The van der Waals surface area contributed by atoms with E-state index in [0.29, 0.717) is 17.1 Å². The summed E-state index contributed by atoms with van der Waals surface area (Å²) in [5, 5.41) is 14.1. The summed E-state index contributed by atoms with van der Waals surface area (Å²) in [6.07, 6.45) is 0. The average Bonchev–Trinajstić information content (AvgIpc) is 2.41. The van der Waals surface area contributed by atoms with Gasteiger partial charge in [0.2, 0.25) is 0 Å². The molecule has 0 unspecified atom stereocenters. The Kier molecular flexibility index (Phi) is 4.08. The number of aryl methyl sites for hydroxylation is 1. The fourth-order valence-electron chi connectivity index (χ4n) is 1.75. The van der Waals surface area contributed by atoms with Crippen LogP contribution in [0, 0.1) is 6.92 Å². The third-order valence-electron chi connectivity index (χ3n) is 2.77. The standard InChI is InChI=1S/C15H15N3O3/c1-9-5-6-13(12(16)7-9)18-15(21)14(20)17-10-3-2-4-11(19)8-10/h2-8,19H,16H2,1H3,(H,17,20)(H,18,21). The van der Waals surface area contributed by atoms with Crippen LogP contribution in [0.25, 0.3) is 0 Å². The summed E-state index contributed by atoms with van der Waals surface area (Å²) in [6, 6.07) is 11.0. The molecule has 0 saturated heterocycles. The van der Waals surface area contributed by atoms with Gasteiger partial charge in [-0.25, -0.2) is 0 Å². The van der Waals surface area contributed by atoms with E-state index < -0.39 is 11.8 Å². The molecule has 0 atom stereocenters. The predicted octanol–water partition coefficient (Wildman–Crippen LogP) is 1.86. The van der Waals surface area contributed by atoms with Gasteiger partial charge in [0.1, 0.15) is 5.75 Å². The van der Waals surface area contributed by atoms with Crippen LogP contribution in [-0.4, -0.2) is 16.9 Å². The number of aromatic hydroxyl groups is 1. The van der Waals surface area contributed by atoms with Gasteiger partial charge in [0.25, 0.3) is 0 Å². The number of nitrogen functional groups attached to an aromatic ring is 1. The minimum Gasteiger partial charge on any atom is -0.508 e. The minimum atomic E-state index is -0.847. The van der Waals surface area contributed by atoms with Gasteiger partial charge in [-0.1, -0.05) is 12.1 Å². The number of hydrogen-bond donors (Lipinski definition) is 4. The molecule has 0 spiro atoms. The van der Waals surface area contributed by atoms with Gasteiger partial charge in [0, 0.05) is 11.8 Å². The number of carbonyl (C=O) groups is 2. The van der Waals surface area contributed by atoms with Crippen LogP contribution in [0.15, 0.2) is 42.5 Å². The van der Waals surface area contributed by atoms with Crippen molar-refractivity contribution in [3.63, 3.8) is 0 Å². The molecule has 0 bridgehead atoms. The summed E-state index contributed by atoms with van der Waals surface area (Å²) in [7, 11) is 0. The monoisotopic (exact) mass is 285 g/mol. The van der Waals surface area contributed by atoms with Gasteiger partial charge >= 0.3 is 11.8 Å². The van der Waals surface area contributed by atoms with Gasteiger partial charge < -0.3 is 21.5 Å². The van der Waals surface area contributed by atoms with Crippen LogP contribution in [-0.2, 0) is 9.59 Å². The molecule has 0 heterocycles. The summed E-state index contributed by atoms with van der Waals surface area (Å²) in [5.74, 6) is -1.69. The minimum absolute atomic E-state index is 0.00372. The summed E-state index contributed by atoms with van der Waals surface area (Å²) < 4.78 is 0. The fraction of sp³-hybridized carbons (Fsp3) is 0.0667. The van der Waals surface area contributed by atoms with Crippen molar-refractivity contribution in [2.75, 3.05) is 16.4 Å². The van der Waals surface area contributed by atoms with E-state index in [4.69, 9.17) is 5.73 Å². The van der Waals surface area contributed by atoms with Gasteiger partial charge in [-0.3, -0.25) is 9.59 Å². The number of nitrogens with two attached hydrogens (primary N) is 1. The zero-order chi connectivity index (χ0) is 15.4. The Morgan fingerprint density at radius 3 is 2.43 bits per heavy atom. The van der Waals surface area contributed by atoms with Crippen molar-refractivity contribution in [2.24, 2.45) is 0 Å². The van der Waals surface area contributed by atoms with E-state index in [1.54, 1.807) is 30.3 Å². The maximum atomic E-state index is 11.8. The average molecular weight is 285 g/mol. The molecular formula is C15H15N3O3.